The predicted molar refractivity (Wildman–Crippen MR) is 113 cm³/mol. The van der Waals surface area contributed by atoms with E-state index >= 15 is 0 Å². The second kappa shape index (κ2) is 7.61. The number of benzene rings is 1. The van der Waals surface area contributed by atoms with Gasteiger partial charge in [0.2, 0.25) is 5.91 Å². The summed E-state index contributed by atoms with van der Waals surface area (Å²) < 4.78 is 0. The van der Waals surface area contributed by atoms with Crippen LogP contribution in [-0.2, 0) is 11.2 Å². The molecule has 2 unspecified atom stereocenters. The van der Waals surface area contributed by atoms with Gasteiger partial charge in [-0.15, -0.1) is 0 Å². The number of carbonyl (C=O) groups is 2. The van der Waals surface area contributed by atoms with Gasteiger partial charge in [-0.3, -0.25) is 9.59 Å². The monoisotopic (exact) mass is 411 g/mol. The fourth-order valence-electron chi connectivity index (χ4n) is 5.17. The average molecular weight is 411 g/mol. The van der Waals surface area contributed by atoms with E-state index in [0.29, 0.717) is 35.2 Å². The maximum atomic E-state index is 12.7. The van der Waals surface area contributed by atoms with Crippen molar-refractivity contribution in [1.29, 1.82) is 10.5 Å². The van der Waals surface area contributed by atoms with E-state index in [4.69, 9.17) is 5.26 Å². The molecule has 2 fully saturated rings. The number of hydrogen-bond donors (Lipinski definition) is 2. The standard InChI is InChI=1S/C24H21N5O2/c25-11-14-2-6-19-18-5-1-13(8-20(18)23(30)29-21(19)9-14)7-17(12-26)28-24(31)22-15-3-4-16(10-15)27-22/h1-2,5-6,8-9,15-17,19,22,27H,3-4,7,10H2,(H,28,31)/t15-,16+,17?,19?,22-/m0/s1. The maximum absolute atomic E-state index is 12.7. The first-order chi connectivity index (χ1) is 15.1. The minimum Gasteiger partial charge on any atom is -0.339 e. The summed E-state index contributed by atoms with van der Waals surface area (Å²) >= 11 is 0. The molecule has 2 N–H and O–H groups in total. The van der Waals surface area contributed by atoms with Gasteiger partial charge in [-0.25, -0.2) is 4.99 Å². The number of carbonyl (C=O) groups excluding carboxylic acids is 2. The summed E-state index contributed by atoms with van der Waals surface area (Å²) in [6, 6.07) is 9.32. The molecule has 4 aliphatic rings. The summed E-state index contributed by atoms with van der Waals surface area (Å²) in [4.78, 5) is 29.4. The van der Waals surface area contributed by atoms with Crippen molar-refractivity contribution < 1.29 is 9.59 Å². The Hall–Kier alpha value is -3.55. The van der Waals surface area contributed by atoms with Gasteiger partial charge in [0.25, 0.3) is 5.91 Å². The van der Waals surface area contributed by atoms with Gasteiger partial charge in [0.05, 0.1) is 29.5 Å². The molecular weight excluding hydrogens is 390 g/mol. The van der Waals surface area contributed by atoms with Crippen molar-refractivity contribution in [2.24, 2.45) is 10.9 Å². The van der Waals surface area contributed by atoms with Crippen molar-refractivity contribution >= 4 is 17.5 Å². The molecule has 1 saturated carbocycles. The second-order valence-corrected chi connectivity index (χ2v) is 8.62. The van der Waals surface area contributed by atoms with Crippen molar-refractivity contribution in [2.75, 3.05) is 0 Å². The molecule has 7 nitrogen and oxygen atoms in total. The molecule has 2 aliphatic carbocycles. The molecule has 0 radical (unpaired) electrons. The van der Waals surface area contributed by atoms with Gasteiger partial charge in [-0.1, -0.05) is 18.2 Å². The third-order valence-electron chi connectivity index (χ3n) is 6.69. The Balaban J connectivity index is 1.31. The molecule has 5 atom stereocenters. The molecule has 31 heavy (non-hydrogen) atoms. The van der Waals surface area contributed by atoms with Crippen LogP contribution in [0.25, 0.3) is 0 Å². The minimum absolute atomic E-state index is 0.116. The number of amides is 2. The fourth-order valence-corrected chi connectivity index (χ4v) is 5.17. The molecule has 0 spiro atoms. The Labute approximate surface area is 180 Å². The number of nitriles is 2. The Morgan fingerprint density at radius 2 is 2.19 bits per heavy atom. The van der Waals surface area contributed by atoms with Gasteiger partial charge in [-0.05, 0) is 54.5 Å². The highest BCUT2D eigenvalue weighted by molar-refractivity contribution is 6.16. The molecule has 2 amide bonds. The Kier molecular flexibility index (Phi) is 4.77. The number of aliphatic imine (C=N–C) groups is 1. The summed E-state index contributed by atoms with van der Waals surface area (Å²) in [5.41, 5.74) is 3.19. The average Bonchev–Trinajstić information content (AvgIpc) is 3.42. The third kappa shape index (κ3) is 3.48. The number of rotatable bonds is 4. The summed E-state index contributed by atoms with van der Waals surface area (Å²) in [5, 5.41) is 24.9. The van der Waals surface area contributed by atoms with Gasteiger partial charge < -0.3 is 10.6 Å². The van der Waals surface area contributed by atoms with Crippen LogP contribution in [-0.4, -0.2) is 35.7 Å². The molecule has 154 valence electrons. The van der Waals surface area contributed by atoms with Crippen LogP contribution < -0.4 is 10.6 Å². The van der Waals surface area contributed by atoms with Gasteiger partial charge in [-0.2, -0.15) is 10.5 Å². The first kappa shape index (κ1) is 19.4. The van der Waals surface area contributed by atoms with Crippen molar-refractivity contribution in [3.05, 3.63) is 58.7 Å². The maximum Gasteiger partial charge on any atom is 0.277 e. The fraction of sp³-hybridized carbons (Fsp3) is 0.375. The first-order valence-corrected chi connectivity index (χ1v) is 10.6. The lowest BCUT2D eigenvalue weighted by Gasteiger charge is -2.25. The smallest absolute Gasteiger partial charge is 0.277 e. The van der Waals surface area contributed by atoms with Crippen LogP contribution in [0.4, 0.5) is 0 Å². The van der Waals surface area contributed by atoms with Gasteiger partial charge in [0, 0.05) is 23.9 Å². The van der Waals surface area contributed by atoms with Crippen LogP contribution in [0.2, 0.25) is 0 Å². The van der Waals surface area contributed by atoms with Crippen LogP contribution in [0.15, 0.2) is 47.0 Å². The van der Waals surface area contributed by atoms with E-state index in [9.17, 15) is 14.9 Å². The Morgan fingerprint density at radius 1 is 1.32 bits per heavy atom. The van der Waals surface area contributed by atoms with Crippen molar-refractivity contribution in [3.8, 4) is 12.1 Å². The zero-order valence-electron chi connectivity index (χ0n) is 16.8. The highest BCUT2D eigenvalue weighted by atomic mass is 16.2. The number of hydrogen-bond acceptors (Lipinski definition) is 5. The molecule has 2 aliphatic heterocycles. The molecular formula is C24H21N5O2. The summed E-state index contributed by atoms with van der Waals surface area (Å²) in [5.74, 6) is -0.267. The Bertz CT molecular complexity index is 1150. The number of nitrogens with one attached hydrogen (secondary N) is 2. The highest BCUT2D eigenvalue weighted by Gasteiger charge is 2.43. The summed E-state index contributed by atoms with van der Waals surface area (Å²) in [6.07, 6.45) is 8.79. The molecule has 1 aromatic carbocycles. The minimum atomic E-state index is -0.667. The van der Waals surface area contributed by atoms with E-state index in [1.165, 1.54) is 0 Å². The van der Waals surface area contributed by atoms with E-state index < -0.39 is 6.04 Å². The quantitative estimate of drug-likeness (QED) is 0.786. The first-order valence-electron chi connectivity index (χ1n) is 10.6. The molecule has 1 saturated heterocycles. The van der Waals surface area contributed by atoms with Crippen molar-refractivity contribution in [1.82, 2.24) is 10.6 Å². The predicted octanol–water partition coefficient (Wildman–Crippen LogP) is 2.08. The number of nitrogens with zero attached hydrogens (tertiary/aromatic N) is 3. The van der Waals surface area contributed by atoms with E-state index in [1.54, 1.807) is 18.2 Å². The summed E-state index contributed by atoms with van der Waals surface area (Å²) in [7, 11) is 0. The van der Waals surface area contributed by atoms with Crippen molar-refractivity contribution in [2.45, 2.75) is 49.7 Å². The van der Waals surface area contributed by atoms with Crippen LogP contribution in [0.3, 0.4) is 0 Å². The lowest BCUT2D eigenvalue weighted by Crippen LogP contribution is -2.50. The number of allylic oxidation sites excluding steroid dienone is 4. The molecule has 1 aromatic rings. The van der Waals surface area contributed by atoms with Gasteiger partial charge in [0.15, 0.2) is 0 Å². The summed E-state index contributed by atoms with van der Waals surface area (Å²) in [6.45, 7) is 0. The van der Waals surface area contributed by atoms with Crippen LogP contribution >= 0.6 is 0 Å². The van der Waals surface area contributed by atoms with Gasteiger partial charge in [0.1, 0.15) is 6.04 Å². The molecule has 2 heterocycles. The highest BCUT2D eigenvalue weighted by Crippen LogP contribution is 2.35. The zero-order valence-corrected chi connectivity index (χ0v) is 16.8. The number of piperidine rings is 1. The largest absolute Gasteiger partial charge is 0.339 e. The normalized spacial score (nSPS) is 28.5. The molecule has 7 heteroatoms. The SMILES string of the molecule is N#CC1=CC2=NC(=O)c3cc(CC(C#N)NC(=O)[C@H]4N[C@@H]5CC[C@H]4C5)ccc3C2C=C1. The van der Waals surface area contributed by atoms with Crippen LogP contribution in [0.5, 0.6) is 0 Å². The third-order valence-corrected chi connectivity index (χ3v) is 6.69. The van der Waals surface area contributed by atoms with E-state index in [0.717, 1.165) is 30.4 Å². The van der Waals surface area contributed by atoms with Crippen LogP contribution in [0.1, 0.15) is 46.7 Å². The molecule has 0 aromatic heterocycles. The lowest BCUT2D eigenvalue weighted by atomic mass is 9.82. The molecule has 2 bridgehead atoms. The van der Waals surface area contributed by atoms with Crippen LogP contribution in [0, 0.1) is 28.6 Å². The van der Waals surface area contributed by atoms with E-state index in [2.05, 4.69) is 27.8 Å². The van der Waals surface area contributed by atoms with Gasteiger partial charge >= 0.3 is 0 Å². The Morgan fingerprint density at radius 3 is 2.90 bits per heavy atom. The lowest BCUT2D eigenvalue weighted by molar-refractivity contribution is -0.124. The number of fused-ring (bicyclic) bond motifs is 5. The zero-order chi connectivity index (χ0) is 21.5. The molecule has 5 rings (SSSR count). The second-order valence-electron chi connectivity index (χ2n) is 8.62. The van der Waals surface area contributed by atoms with E-state index in [-0.39, 0.29) is 23.8 Å². The van der Waals surface area contributed by atoms with Crippen molar-refractivity contribution in [3.63, 3.8) is 0 Å². The van der Waals surface area contributed by atoms with E-state index in [1.807, 2.05) is 18.2 Å². The topological polar surface area (TPSA) is 118 Å².